The molecular weight excluding hydrogens is 350 g/mol. The van der Waals surface area contributed by atoms with Crippen LogP contribution < -0.4 is 0 Å². The zero-order valence-electron chi connectivity index (χ0n) is 11.2. The first kappa shape index (κ1) is 15.1. The summed E-state index contributed by atoms with van der Waals surface area (Å²) in [7, 11) is -0.513. The molecule has 0 N–H and O–H groups in total. The summed E-state index contributed by atoms with van der Waals surface area (Å²) in [6.45, 7) is 1.21. The Balaban J connectivity index is 2.04. The van der Waals surface area contributed by atoms with E-state index in [0.717, 1.165) is 22.5 Å². The van der Waals surface area contributed by atoms with E-state index < -0.39 is 10.0 Å². The fourth-order valence-electron chi connectivity index (χ4n) is 1.52. The molecule has 0 aromatic carbocycles. The smallest absolute Gasteiger partial charge is 0.163 e. The fraction of sp³-hybridized carbons (Fsp3) is 0.500. The average Bonchev–Trinajstić information content (AvgIpc) is 2.72. The van der Waals surface area contributed by atoms with Crippen molar-refractivity contribution in [2.24, 2.45) is 0 Å². The van der Waals surface area contributed by atoms with Crippen molar-refractivity contribution in [3.63, 3.8) is 0 Å². The van der Waals surface area contributed by atoms with Gasteiger partial charge in [0.25, 0.3) is 0 Å². The minimum atomic E-state index is -0.513. The van der Waals surface area contributed by atoms with Gasteiger partial charge in [0.05, 0.1) is 22.4 Å². The Morgan fingerprint density at radius 1 is 1.37 bits per heavy atom. The summed E-state index contributed by atoms with van der Waals surface area (Å²) in [5.41, 5.74) is 1.44. The highest BCUT2D eigenvalue weighted by atomic mass is 79.9. The van der Waals surface area contributed by atoms with Crippen molar-refractivity contribution < 1.29 is 4.74 Å². The van der Waals surface area contributed by atoms with Gasteiger partial charge in [-0.25, -0.2) is 20.0 Å². The Hall–Kier alpha value is -0.300. The molecule has 0 saturated carbocycles. The molecule has 0 aliphatic rings. The summed E-state index contributed by atoms with van der Waals surface area (Å²) in [6.07, 6.45) is 10.2. The van der Waals surface area contributed by atoms with Crippen molar-refractivity contribution in [1.29, 1.82) is 0 Å². The molecule has 0 radical (unpaired) electrons. The van der Waals surface area contributed by atoms with Crippen LogP contribution in [0.25, 0.3) is 11.2 Å². The maximum absolute atomic E-state index is 6.16. The van der Waals surface area contributed by atoms with Crippen LogP contribution in [0.15, 0.2) is 17.0 Å². The van der Waals surface area contributed by atoms with Crippen molar-refractivity contribution in [1.82, 2.24) is 14.5 Å². The largest absolute Gasteiger partial charge is 0.360 e. The van der Waals surface area contributed by atoms with E-state index in [1.54, 1.807) is 12.5 Å². The second-order valence-corrected chi connectivity index (χ2v) is 11.0. The normalized spacial score (nSPS) is 13.1. The highest BCUT2D eigenvalue weighted by Crippen LogP contribution is 2.33. The Bertz CT molecular complexity index is 582. The molecule has 0 aliphatic carbocycles. The van der Waals surface area contributed by atoms with Crippen LogP contribution in [0.1, 0.15) is 0 Å². The molecule has 4 nitrogen and oxygen atoms in total. The molecule has 0 spiro atoms. The van der Waals surface area contributed by atoms with E-state index in [2.05, 4.69) is 44.7 Å². The van der Waals surface area contributed by atoms with Gasteiger partial charge in [0.1, 0.15) is 12.2 Å². The van der Waals surface area contributed by atoms with Crippen LogP contribution in [0.4, 0.5) is 0 Å². The molecule has 0 bridgehead atoms. The summed E-state index contributed by atoms with van der Waals surface area (Å²) < 4.78 is 8.30. The van der Waals surface area contributed by atoms with Crippen molar-refractivity contribution in [3.8, 4) is 0 Å². The van der Waals surface area contributed by atoms with Gasteiger partial charge in [0.15, 0.2) is 5.65 Å². The van der Waals surface area contributed by atoms with E-state index in [1.165, 1.54) is 0 Å². The van der Waals surface area contributed by atoms with E-state index in [1.807, 2.05) is 4.57 Å². The lowest BCUT2D eigenvalue weighted by atomic mass is 10.4. The molecular formula is C12H17BrClN3OS. The summed E-state index contributed by atoms with van der Waals surface area (Å²) >= 11 is 9.50. The molecule has 2 aromatic heterocycles. The van der Waals surface area contributed by atoms with Crippen molar-refractivity contribution >= 4 is 48.7 Å². The predicted molar refractivity (Wildman–Crippen MR) is 86.4 cm³/mol. The van der Waals surface area contributed by atoms with Gasteiger partial charge in [-0.15, -0.1) is 0 Å². The lowest BCUT2D eigenvalue weighted by Crippen LogP contribution is -2.09. The lowest BCUT2D eigenvalue weighted by molar-refractivity contribution is 0.0919. The number of rotatable bonds is 5. The van der Waals surface area contributed by atoms with E-state index in [-0.39, 0.29) is 0 Å². The van der Waals surface area contributed by atoms with E-state index in [0.29, 0.717) is 17.3 Å². The number of nitrogens with zero attached hydrogens (tertiary/aromatic N) is 3. The average molecular weight is 367 g/mol. The maximum atomic E-state index is 6.16. The van der Waals surface area contributed by atoms with Crippen LogP contribution >= 0.6 is 37.6 Å². The number of aromatic nitrogens is 3. The van der Waals surface area contributed by atoms with Crippen LogP contribution in [0.3, 0.4) is 0 Å². The molecule has 0 aliphatic heterocycles. The molecule has 0 unspecified atom stereocenters. The lowest BCUT2D eigenvalue weighted by Gasteiger charge is -2.24. The van der Waals surface area contributed by atoms with Gasteiger partial charge >= 0.3 is 0 Å². The van der Waals surface area contributed by atoms with Crippen molar-refractivity contribution in [2.75, 3.05) is 31.1 Å². The minimum absolute atomic E-state index is 0.455. The number of hydrogen-bond acceptors (Lipinski definition) is 3. The number of hydrogen-bond donors (Lipinski definition) is 0. The number of halogens is 2. The standard InChI is InChI=1S/C12H17BrClN3OS/c1-19(2,3)5-4-18-8-17-7-16-11-10(14)9(13)6-15-12(11)17/h6-7H,4-5,8H2,1-3H3. The van der Waals surface area contributed by atoms with Crippen LogP contribution in [0.2, 0.25) is 5.02 Å². The molecule has 2 rings (SSSR count). The highest BCUT2D eigenvalue weighted by Gasteiger charge is 2.10. The number of ether oxygens (including phenoxy) is 1. The van der Waals surface area contributed by atoms with Gasteiger partial charge in [-0.2, -0.15) is 0 Å². The van der Waals surface area contributed by atoms with Crippen molar-refractivity contribution in [3.05, 3.63) is 22.0 Å². The second kappa shape index (κ2) is 5.99. The molecule has 0 atom stereocenters. The van der Waals surface area contributed by atoms with Crippen LogP contribution in [0, 0.1) is 0 Å². The van der Waals surface area contributed by atoms with Gasteiger partial charge < -0.3 is 4.74 Å². The SMILES string of the molecule is CS(C)(C)CCOCn1cnc2c(Cl)c(Br)cnc21. The first-order chi connectivity index (χ1) is 8.88. The Labute approximate surface area is 128 Å². The maximum Gasteiger partial charge on any atom is 0.163 e. The van der Waals surface area contributed by atoms with E-state index in [4.69, 9.17) is 16.3 Å². The third-order valence-corrected chi connectivity index (χ3v) is 5.20. The Kier molecular flexibility index (Phi) is 4.76. The minimum Gasteiger partial charge on any atom is -0.360 e. The summed E-state index contributed by atoms with van der Waals surface area (Å²) in [5.74, 6) is 1.10. The van der Waals surface area contributed by atoms with Gasteiger partial charge in [-0.1, -0.05) is 11.6 Å². The van der Waals surface area contributed by atoms with Crippen molar-refractivity contribution in [2.45, 2.75) is 6.73 Å². The highest BCUT2D eigenvalue weighted by molar-refractivity contribution is 9.10. The fourth-order valence-corrected chi connectivity index (χ4v) is 2.61. The topological polar surface area (TPSA) is 39.9 Å². The molecule has 0 saturated heterocycles. The van der Waals surface area contributed by atoms with Crippen LogP contribution in [-0.2, 0) is 11.5 Å². The van der Waals surface area contributed by atoms with E-state index in [9.17, 15) is 0 Å². The summed E-state index contributed by atoms with van der Waals surface area (Å²) in [6, 6.07) is 0. The molecule has 0 fully saturated rings. The van der Waals surface area contributed by atoms with Crippen LogP contribution in [-0.4, -0.2) is 45.7 Å². The number of imidazole rings is 1. The summed E-state index contributed by atoms with van der Waals surface area (Å²) in [4.78, 5) is 8.59. The van der Waals surface area contributed by atoms with Gasteiger partial charge in [-0.05, 0) is 34.7 Å². The quantitative estimate of drug-likeness (QED) is 0.760. The van der Waals surface area contributed by atoms with Gasteiger partial charge in [0.2, 0.25) is 0 Å². The van der Waals surface area contributed by atoms with Gasteiger partial charge in [0, 0.05) is 11.9 Å². The molecule has 7 heteroatoms. The Morgan fingerprint density at radius 2 is 2.11 bits per heavy atom. The molecule has 2 heterocycles. The molecule has 19 heavy (non-hydrogen) atoms. The Morgan fingerprint density at radius 3 is 2.79 bits per heavy atom. The zero-order valence-corrected chi connectivity index (χ0v) is 14.3. The van der Waals surface area contributed by atoms with E-state index >= 15 is 0 Å². The predicted octanol–water partition coefficient (Wildman–Crippen LogP) is 3.52. The number of pyridine rings is 1. The third kappa shape index (κ3) is 3.84. The molecule has 106 valence electrons. The second-order valence-electron chi connectivity index (χ2n) is 5.14. The first-order valence-electron chi connectivity index (χ1n) is 5.77. The van der Waals surface area contributed by atoms with Gasteiger partial charge in [-0.3, -0.25) is 4.57 Å². The summed E-state index contributed by atoms with van der Waals surface area (Å²) in [5, 5.41) is 0.586. The first-order valence-corrected chi connectivity index (χ1v) is 9.97. The molecule has 2 aromatic rings. The third-order valence-electron chi connectivity index (χ3n) is 2.60. The zero-order chi connectivity index (χ0) is 14.0. The van der Waals surface area contributed by atoms with Crippen LogP contribution in [0.5, 0.6) is 0 Å². The molecule has 0 amide bonds. The monoisotopic (exact) mass is 365 g/mol. The number of fused-ring (bicyclic) bond motifs is 1.